The quantitative estimate of drug-likeness (QED) is 0.0445. The molecule has 2 N–H and O–H groups in total. The number of carbonyl (C=O) groups excluding carboxylic acids is 3. The minimum absolute atomic E-state index is 0.00653. The van der Waals surface area contributed by atoms with Crippen molar-refractivity contribution in [3.05, 3.63) is 207 Å². The van der Waals surface area contributed by atoms with Crippen LogP contribution in [0.1, 0.15) is 55.4 Å². The Bertz CT molecular complexity index is 3710. The first-order valence-electron chi connectivity index (χ1n) is 27.0. The molecule has 0 bridgehead atoms. The fraction of sp³-hybridized carbons (Fsp3) is 0.300. The Hall–Kier alpha value is -8.87. The van der Waals surface area contributed by atoms with Crippen molar-refractivity contribution in [2.45, 2.75) is 37.1 Å². The normalized spacial score (nSPS) is 18.3. The second kappa shape index (κ2) is 26.0. The number of morpholine rings is 2. The first kappa shape index (κ1) is 59.3. The number of ether oxygens (including phenoxy) is 7. The number of carbonyl (C=O) groups is 3. The van der Waals surface area contributed by atoms with Gasteiger partial charge in [0.2, 0.25) is 5.75 Å². The van der Waals surface area contributed by atoms with E-state index in [9.17, 15) is 24.0 Å². The number of amides is 1. The number of H-pyrrole nitrogens is 1. The third-order valence-electron chi connectivity index (χ3n) is 14.7. The summed E-state index contributed by atoms with van der Waals surface area (Å²) in [5.41, 5.74) is 1.77. The number of hydrogen-bond acceptors (Lipinski definition) is 18. The lowest BCUT2D eigenvalue weighted by Crippen LogP contribution is -2.57. The first-order chi connectivity index (χ1) is 41.1. The molecule has 10 rings (SSSR count). The highest BCUT2D eigenvalue weighted by molar-refractivity contribution is 7.53. The van der Waals surface area contributed by atoms with Crippen molar-refractivity contribution in [1.29, 1.82) is 0 Å². The van der Waals surface area contributed by atoms with Gasteiger partial charge in [-0.2, -0.15) is 0 Å². The van der Waals surface area contributed by atoms with E-state index in [4.69, 9.17) is 42.7 Å². The summed E-state index contributed by atoms with van der Waals surface area (Å²) in [5.74, 6) is -1.40. The molecule has 8 aromatic rings. The minimum Gasteiger partial charge on any atom is -0.493 e. The Morgan fingerprint density at radius 1 is 0.706 bits per heavy atom. The molecule has 0 saturated carbocycles. The predicted molar refractivity (Wildman–Crippen MR) is 311 cm³/mol. The van der Waals surface area contributed by atoms with Gasteiger partial charge in [-0.25, -0.2) is 38.7 Å². The number of benzene rings is 5. The minimum atomic E-state index is -4.21. The van der Waals surface area contributed by atoms with E-state index in [0.717, 1.165) is 21.3 Å². The fourth-order valence-corrected chi connectivity index (χ4v) is 12.7. The number of aryl methyl sites for hydroxylation is 1. The average molecular weight is 1180 g/mol. The molecule has 25 heteroatoms. The fourth-order valence-electron chi connectivity index (χ4n) is 10.7. The van der Waals surface area contributed by atoms with E-state index in [2.05, 4.69) is 61.6 Å². The standard InChI is InChI=1S/C60H63N10O14P/c1-39-29-69(59(75)65-56(39)72)50-33-68(31-46(84-50)34-80-51(71)36-81-58(74)41-27-47(77-4)53(79-6)48(28-41)78-5)85(76,66(2)3)82-35-45-30-67(60(42-21-13-8-14-22-42,43-23-15-9-16-24-43)44-25-17-10-18-26-44)32-49(83-45)70-38-63-52-54(61-37-62-55(52)70)64-57(73)40-19-11-7-12-20-40/h7-29,37-38,45-46,49-50H,30-36H2,1-6H3,(H,65,72,75)(H,61,62,64,73). The van der Waals surface area contributed by atoms with Gasteiger partial charge in [-0.1, -0.05) is 109 Å². The maximum Gasteiger partial charge on any atom is 0.345 e. The highest BCUT2D eigenvalue weighted by Crippen LogP contribution is 2.55. The zero-order valence-corrected chi connectivity index (χ0v) is 48.3. The summed E-state index contributed by atoms with van der Waals surface area (Å²) < 4.78 is 69.1. The number of imidazole rings is 1. The van der Waals surface area contributed by atoms with E-state index in [1.807, 2.05) is 60.7 Å². The molecule has 0 radical (unpaired) electrons. The van der Waals surface area contributed by atoms with Crippen LogP contribution in [0, 0.1) is 6.92 Å². The Kier molecular flexibility index (Phi) is 18.1. The number of hydrogen-bond donors (Lipinski definition) is 2. The Morgan fingerprint density at radius 2 is 1.28 bits per heavy atom. The zero-order chi connectivity index (χ0) is 59.8. The average Bonchev–Trinajstić information content (AvgIpc) is 1.74. The monoisotopic (exact) mass is 1180 g/mol. The Balaban J connectivity index is 0.968. The Morgan fingerprint density at radius 3 is 1.86 bits per heavy atom. The third-order valence-corrected chi connectivity index (χ3v) is 17.2. The highest BCUT2D eigenvalue weighted by Gasteiger charge is 2.49. The van der Waals surface area contributed by atoms with Gasteiger partial charge in [-0.3, -0.25) is 33.2 Å². The van der Waals surface area contributed by atoms with Gasteiger partial charge in [0.25, 0.3) is 11.5 Å². The number of esters is 2. The number of nitrogens with one attached hydrogen (secondary N) is 2. The van der Waals surface area contributed by atoms with Gasteiger partial charge in [0.1, 0.15) is 25.3 Å². The summed E-state index contributed by atoms with van der Waals surface area (Å²) in [6.45, 7) is 0.0713. The summed E-state index contributed by atoms with van der Waals surface area (Å²) in [6.07, 6.45) is 0.289. The molecule has 2 aliphatic rings. The molecule has 5 aromatic carbocycles. The molecule has 1 amide bonds. The molecule has 2 saturated heterocycles. The van der Waals surface area contributed by atoms with Crippen LogP contribution in [0.15, 0.2) is 162 Å². The van der Waals surface area contributed by atoms with Crippen LogP contribution in [0.3, 0.4) is 0 Å². The van der Waals surface area contributed by atoms with Gasteiger partial charge in [0.15, 0.2) is 41.3 Å². The molecule has 5 heterocycles. The number of methoxy groups -OCH3 is 3. The molecule has 5 atom stereocenters. The zero-order valence-electron chi connectivity index (χ0n) is 47.4. The van der Waals surface area contributed by atoms with Crippen molar-refractivity contribution in [2.24, 2.45) is 0 Å². The second-order valence-electron chi connectivity index (χ2n) is 20.2. The first-order valence-corrected chi connectivity index (χ1v) is 28.6. The summed E-state index contributed by atoms with van der Waals surface area (Å²) in [4.78, 5) is 84.5. The summed E-state index contributed by atoms with van der Waals surface area (Å²) >= 11 is 0. The van der Waals surface area contributed by atoms with Crippen molar-refractivity contribution < 1.29 is 56.6 Å². The van der Waals surface area contributed by atoms with Crippen molar-refractivity contribution in [1.82, 2.24) is 43.3 Å². The van der Waals surface area contributed by atoms with Crippen LogP contribution in [-0.4, -0.2) is 155 Å². The summed E-state index contributed by atoms with van der Waals surface area (Å²) in [6, 6.07) is 41.8. The number of nitrogens with zero attached hydrogens (tertiary/aromatic N) is 8. The van der Waals surface area contributed by atoms with Gasteiger partial charge in [-0.05, 0) is 62.0 Å². The van der Waals surface area contributed by atoms with Crippen LogP contribution in [0.25, 0.3) is 11.2 Å². The molecule has 24 nitrogen and oxygen atoms in total. The second-order valence-corrected chi connectivity index (χ2v) is 22.8. The lowest BCUT2D eigenvalue weighted by atomic mass is 9.75. The predicted octanol–water partition coefficient (Wildman–Crippen LogP) is 6.44. The number of fused-ring (bicyclic) bond motifs is 1. The number of anilines is 1. The molecule has 2 aliphatic heterocycles. The lowest BCUT2D eigenvalue weighted by molar-refractivity contribution is -0.163. The number of aromatic nitrogens is 6. The summed E-state index contributed by atoms with van der Waals surface area (Å²) in [7, 11) is 3.16. The maximum absolute atomic E-state index is 16.0. The van der Waals surface area contributed by atoms with Crippen LogP contribution in [0.5, 0.6) is 17.2 Å². The number of aromatic amines is 1. The largest absolute Gasteiger partial charge is 0.493 e. The third kappa shape index (κ3) is 12.4. The van der Waals surface area contributed by atoms with Crippen molar-refractivity contribution in [3.8, 4) is 17.2 Å². The molecule has 0 spiro atoms. The highest BCUT2D eigenvalue weighted by atomic mass is 31.2. The van der Waals surface area contributed by atoms with Crippen molar-refractivity contribution in [3.63, 3.8) is 0 Å². The van der Waals surface area contributed by atoms with E-state index in [0.29, 0.717) is 16.7 Å². The van der Waals surface area contributed by atoms with Crippen LogP contribution in [0.2, 0.25) is 0 Å². The van der Waals surface area contributed by atoms with Crippen LogP contribution in [-0.2, 0) is 38.4 Å². The molecular weight excluding hydrogens is 1120 g/mol. The molecule has 5 unspecified atom stereocenters. The molecule has 2 fully saturated rings. The van der Waals surface area contributed by atoms with Crippen LogP contribution < -0.4 is 30.8 Å². The molecule has 85 heavy (non-hydrogen) atoms. The molecule has 0 aliphatic carbocycles. The lowest BCUT2D eigenvalue weighted by Gasteiger charge is -2.51. The molecule has 442 valence electrons. The van der Waals surface area contributed by atoms with Crippen molar-refractivity contribution in [2.75, 3.05) is 86.7 Å². The van der Waals surface area contributed by atoms with Gasteiger partial charge in [0, 0.05) is 37.0 Å². The number of rotatable bonds is 21. The van der Waals surface area contributed by atoms with Crippen LogP contribution in [0.4, 0.5) is 5.82 Å². The van der Waals surface area contributed by atoms with Crippen molar-refractivity contribution >= 4 is 42.5 Å². The van der Waals surface area contributed by atoms with E-state index < -0.39 is 74.3 Å². The maximum atomic E-state index is 16.0. The smallest absolute Gasteiger partial charge is 0.345 e. The van der Waals surface area contributed by atoms with E-state index in [-0.39, 0.29) is 72.9 Å². The summed E-state index contributed by atoms with van der Waals surface area (Å²) in [5, 5.41) is 2.89. The Labute approximate surface area is 488 Å². The van der Waals surface area contributed by atoms with Crippen LogP contribution >= 0.6 is 7.67 Å². The van der Waals surface area contributed by atoms with Gasteiger partial charge in [0.05, 0.1) is 58.0 Å². The van der Waals surface area contributed by atoms with Gasteiger partial charge >= 0.3 is 25.3 Å². The molecular formula is C60H63N10O14P. The van der Waals surface area contributed by atoms with Gasteiger partial charge < -0.3 is 43.0 Å². The molecule has 3 aromatic heterocycles. The van der Waals surface area contributed by atoms with E-state index in [1.54, 1.807) is 49.3 Å². The van der Waals surface area contributed by atoms with E-state index in [1.165, 1.54) is 62.3 Å². The van der Waals surface area contributed by atoms with Gasteiger partial charge in [-0.15, -0.1) is 0 Å². The topological polar surface area (TPSA) is 262 Å². The van der Waals surface area contributed by atoms with E-state index >= 15 is 4.57 Å². The SMILES string of the molecule is COc1cc(C(=O)OCC(=O)OCC2CN(P(=O)(OCC3CN(C(c4ccccc4)(c4ccccc4)c4ccccc4)CC(n4cnc5c(NC(=O)c6ccccc6)ncnc54)O3)N(C)C)CC(n3cc(C)c(=O)[nH]c3=O)O2)cc(OC)c1OC.